The molecule has 7 nitrogen and oxygen atoms in total. The quantitative estimate of drug-likeness (QED) is 0.851. The number of imide groups is 1. The Morgan fingerprint density at radius 3 is 2.36 bits per heavy atom. The van der Waals surface area contributed by atoms with Crippen LogP contribution < -0.4 is 20.5 Å². The highest BCUT2D eigenvalue weighted by atomic mass is 16.5. The maximum absolute atomic E-state index is 11.9. The minimum absolute atomic E-state index is 0.392. The van der Waals surface area contributed by atoms with Crippen LogP contribution in [0.5, 0.6) is 11.5 Å². The van der Waals surface area contributed by atoms with Gasteiger partial charge in [-0.15, -0.1) is 0 Å². The van der Waals surface area contributed by atoms with Crippen molar-refractivity contribution in [1.29, 1.82) is 0 Å². The molecule has 7 heteroatoms. The second kappa shape index (κ2) is 6.65. The van der Waals surface area contributed by atoms with Gasteiger partial charge in [0.2, 0.25) is 5.91 Å². The fourth-order valence-corrected chi connectivity index (χ4v) is 2.63. The number of nitrogens with zero attached hydrogens (tertiary/aromatic N) is 1. The molecule has 0 bridgehead atoms. The van der Waals surface area contributed by atoms with E-state index in [0.29, 0.717) is 18.0 Å². The van der Waals surface area contributed by atoms with Gasteiger partial charge in [0.1, 0.15) is 0 Å². The number of fused-ring (bicyclic) bond motifs is 1. The van der Waals surface area contributed by atoms with E-state index in [0.717, 1.165) is 18.5 Å². The number of nitrogens with one attached hydrogen (secondary N) is 1. The highest BCUT2D eigenvalue weighted by Gasteiger charge is 2.27. The lowest BCUT2D eigenvalue weighted by atomic mass is 9.97. The van der Waals surface area contributed by atoms with Gasteiger partial charge in [-0.3, -0.25) is 15.0 Å². The van der Waals surface area contributed by atoms with Gasteiger partial charge in [0.25, 0.3) is 0 Å². The van der Waals surface area contributed by atoms with Crippen molar-refractivity contribution in [2.24, 2.45) is 5.73 Å². The molecule has 22 heavy (non-hydrogen) atoms. The maximum atomic E-state index is 11.9. The Morgan fingerprint density at radius 2 is 1.82 bits per heavy atom. The number of methoxy groups -OCH3 is 2. The van der Waals surface area contributed by atoms with Gasteiger partial charge in [-0.1, -0.05) is 0 Å². The Balaban J connectivity index is 2.17. The van der Waals surface area contributed by atoms with E-state index in [2.05, 4.69) is 5.32 Å². The molecule has 1 heterocycles. The summed E-state index contributed by atoms with van der Waals surface area (Å²) < 4.78 is 10.6. The molecular weight excluding hydrogens is 286 g/mol. The molecule has 1 aromatic rings. The number of carbonyl (C=O) groups excluding carboxylic acids is 2. The number of ether oxygens (including phenoxy) is 2. The molecule has 1 atom stereocenters. The molecule has 0 aliphatic carbocycles. The van der Waals surface area contributed by atoms with Crippen LogP contribution in [-0.4, -0.2) is 43.6 Å². The van der Waals surface area contributed by atoms with Crippen LogP contribution in [0.1, 0.15) is 18.1 Å². The SMILES string of the molecule is COc1cc2c(cc1OC)CN([C@H](C)C(=O)NC(N)=O)CC2. The van der Waals surface area contributed by atoms with E-state index >= 15 is 0 Å². The van der Waals surface area contributed by atoms with Crippen LogP contribution in [0, 0.1) is 0 Å². The van der Waals surface area contributed by atoms with Crippen molar-refractivity contribution >= 4 is 11.9 Å². The molecule has 2 rings (SSSR count). The van der Waals surface area contributed by atoms with Crippen molar-refractivity contribution < 1.29 is 19.1 Å². The second-order valence-corrected chi connectivity index (χ2v) is 5.23. The molecule has 1 aliphatic rings. The van der Waals surface area contributed by atoms with Crippen molar-refractivity contribution in [2.45, 2.75) is 25.9 Å². The van der Waals surface area contributed by atoms with Crippen LogP contribution in [0.25, 0.3) is 0 Å². The molecule has 1 aliphatic heterocycles. The van der Waals surface area contributed by atoms with Crippen LogP contribution in [-0.2, 0) is 17.8 Å². The third kappa shape index (κ3) is 3.30. The van der Waals surface area contributed by atoms with E-state index in [-0.39, 0.29) is 0 Å². The van der Waals surface area contributed by atoms with E-state index < -0.39 is 18.0 Å². The second-order valence-electron chi connectivity index (χ2n) is 5.23. The standard InChI is InChI=1S/C15H21N3O4/c1-9(14(19)17-15(16)20)18-5-4-10-6-12(21-2)13(22-3)7-11(10)8-18/h6-7,9H,4-5,8H2,1-3H3,(H3,16,17,19,20)/t9-/m1/s1. The van der Waals surface area contributed by atoms with Crippen molar-refractivity contribution in [3.05, 3.63) is 23.3 Å². The molecule has 1 aromatic carbocycles. The summed E-state index contributed by atoms with van der Waals surface area (Å²) in [6, 6.07) is 2.63. The van der Waals surface area contributed by atoms with Gasteiger partial charge in [0.05, 0.1) is 20.3 Å². The number of rotatable bonds is 4. The zero-order valence-corrected chi connectivity index (χ0v) is 13.0. The van der Waals surface area contributed by atoms with Crippen molar-refractivity contribution in [3.63, 3.8) is 0 Å². The molecule has 0 spiro atoms. The van der Waals surface area contributed by atoms with Crippen LogP contribution in [0.15, 0.2) is 12.1 Å². The van der Waals surface area contributed by atoms with E-state index in [4.69, 9.17) is 15.2 Å². The normalized spacial score (nSPS) is 15.6. The Kier molecular flexibility index (Phi) is 4.87. The first-order chi connectivity index (χ1) is 10.5. The number of benzene rings is 1. The van der Waals surface area contributed by atoms with Crippen molar-refractivity contribution in [1.82, 2.24) is 10.2 Å². The van der Waals surface area contributed by atoms with Crippen molar-refractivity contribution in [3.8, 4) is 11.5 Å². The lowest BCUT2D eigenvalue weighted by Gasteiger charge is -2.33. The highest BCUT2D eigenvalue weighted by molar-refractivity contribution is 5.96. The zero-order chi connectivity index (χ0) is 16.3. The number of amides is 3. The summed E-state index contributed by atoms with van der Waals surface area (Å²) in [6.45, 7) is 3.07. The zero-order valence-electron chi connectivity index (χ0n) is 13.0. The van der Waals surface area contributed by atoms with E-state index in [1.807, 2.05) is 17.0 Å². The number of hydrogen-bond donors (Lipinski definition) is 2. The lowest BCUT2D eigenvalue weighted by molar-refractivity contribution is -0.125. The molecule has 0 aromatic heterocycles. The molecule has 3 N–H and O–H groups in total. The van der Waals surface area contributed by atoms with E-state index in [1.165, 1.54) is 5.56 Å². The van der Waals surface area contributed by atoms with Crippen LogP contribution >= 0.6 is 0 Å². The topological polar surface area (TPSA) is 93.9 Å². The first kappa shape index (κ1) is 16.1. The monoisotopic (exact) mass is 307 g/mol. The van der Waals surface area contributed by atoms with Gasteiger partial charge in [-0.25, -0.2) is 4.79 Å². The first-order valence-electron chi connectivity index (χ1n) is 7.04. The predicted molar refractivity (Wildman–Crippen MR) is 80.8 cm³/mol. The van der Waals surface area contributed by atoms with Crippen LogP contribution in [0.4, 0.5) is 4.79 Å². The molecule has 0 saturated heterocycles. The highest BCUT2D eigenvalue weighted by Crippen LogP contribution is 2.33. The Bertz CT molecular complexity index is 588. The number of carbonyl (C=O) groups is 2. The minimum atomic E-state index is -0.833. The molecule has 0 radical (unpaired) electrons. The molecule has 0 unspecified atom stereocenters. The summed E-state index contributed by atoms with van der Waals surface area (Å²) >= 11 is 0. The summed E-state index contributed by atoms with van der Waals surface area (Å²) in [5, 5.41) is 2.12. The lowest BCUT2D eigenvalue weighted by Crippen LogP contribution is -2.49. The molecular formula is C15H21N3O4. The Hall–Kier alpha value is -2.28. The van der Waals surface area contributed by atoms with Crippen LogP contribution in [0.3, 0.4) is 0 Å². The van der Waals surface area contributed by atoms with Crippen LogP contribution in [0.2, 0.25) is 0 Å². The van der Waals surface area contributed by atoms with Gasteiger partial charge < -0.3 is 15.2 Å². The van der Waals surface area contributed by atoms with E-state index in [1.54, 1.807) is 21.1 Å². The fourth-order valence-electron chi connectivity index (χ4n) is 2.63. The third-order valence-corrected chi connectivity index (χ3v) is 3.92. The van der Waals surface area contributed by atoms with Gasteiger partial charge in [-0.2, -0.15) is 0 Å². The summed E-state index contributed by atoms with van der Waals surface area (Å²) in [5.41, 5.74) is 7.25. The average Bonchev–Trinajstić information content (AvgIpc) is 2.51. The average molecular weight is 307 g/mol. The summed E-state index contributed by atoms with van der Waals surface area (Å²) in [6.07, 6.45) is 0.796. The number of hydrogen-bond acceptors (Lipinski definition) is 5. The number of primary amides is 1. The van der Waals surface area contributed by atoms with Gasteiger partial charge in [0.15, 0.2) is 11.5 Å². The minimum Gasteiger partial charge on any atom is -0.493 e. The number of urea groups is 1. The van der Waals surface area contributed by atoms with Gasteiger partial charge >= 0.3 is 6.03 Å². The fraction of sp³-hybridized carbons (Fsp3) is 0.467. The Labute approximate surface area is 129 Å². The van der Waals surface area contributed by atoms with Gasteiger partial charge in [0, 0.05) is 13.1 Å². The van der Waals surface area contributed by atoms with Gasteiger partial charge in [-0.05, 0) is 36.6 Å². The van der Waals surface area contributed by atoms with E-state index in [9.17, 15) is 9.59 Å². The largest absolute Gasteiger partial charge is 0.493 e. The summed E-state index contributed by atoms with van der Waals surface area (Å²) in [7, 11) is 3.20. The van der Waals surface area contributed by atoms with Crippen molar-refractivity contribution in [2.75, 3.05) is 20.8 Å². The smallest absolute Gasteiger partial charge is 0.318 e. The predicted octanol–water partition coefficient (Wildman–Crippen LogP) is 0.645. The molecule has 0 fully saturated rings. The Morgan fingerprint density at radius 1 is 1.23 bits per heavy atom. The third-order valence-electron chi connectivity index (χ3n) is 3.92. The summed E-state index contributed by atoms with van der Waals surface area (Å²) in [4.78, 5) is 24.7. The summed E-state index contributed by atoms with van der Waals surface area (Å²) in [5.74, 6) is 0.975. The molecule has 120 valence electrons. The molecule has 0 saturated carbocycles. The molecule has 3 amide bonds. The number of nitrogens with two attached hydrogens (primary N) is 1. The first-order valence-corrected chi connectivity index (χ1v) is 7.04. The maximum Gasteiger partial charge on any atom is 0.318 e.